The Morgan fingerprint density at radius 1 is 0.545 bits per heavy atom. The summed E-state index contributed by atoms with van der Waals surface area (Å²) in [7, 11) is -4.84. The number of phosphoric ester groups is 1. The summed E-state index contributed by atoms with van der Waals surface area (Å²) in [5.74, 6) is -1.17. The van der Waals surface area contributed by atoms with Crippen LogP contribution in [0.1, 0.15) is 187 Å². The minimum atomic E-state index is -4.84. The number of esters is 2. The molecule has 0 fully saturated rings. The van der Waals surface area contributed by atoms with Crippen LogP contribution < -0.4 is 0 Å². The molecule has 0 aliphatic rings. The van der Waals surface area contributed by atoms with Gasteiger partial charge in [0.05, 0.1) is 18.8 Å². The molecule has 10 nitrogen and oxygen atoms in total. The Kier molecular flexibility index (Phi) is 37.3. The second kappa shape index (κ2) is 38.8. The van der Waals surface area contributed by atoms with Crippen LogP contribution in [0.3, 0.4) is 0 Å². The summed E-state index contributed by atoms with van der Waals surface area (Å²) in [6.45, 7) is 3.34. The summed E-state index contributed by atoms with van der Waals surface area (Å²) in [5.41, 5.74) is 0. The van der Waals surface area contributed by atoms with Gasteiger partial charge in [-0.1, -0.05) is 172 Å². The first-order chi connectivity index (χ1) is 26.6. The van der Waals surface area contributed by atoms with Gasteiger partial charge in [0.1, 0.15) is 6.61 Å². The summed E-state index contributed by atoms with van der Waals surface area (Å²) in [5, 5.41) is 20.6. The Labute approximate surface area is 334 Å². The zero-order chi connectivity index (χ0) is 40.7. The number of ether oxygens (including phenoxy) is 2. The summed E-state index contributed by atoms with van der Waals surface area (Å²) in [6.07, 6.45) is 40.1. The van der Waals surface area contributed by atoms with E-state index in [0.29, 0.717) is 6.42 Å². The molecule has 0 aliphatic heterocycles. The predicted octanol–water partition coefficient (Wildman–Crippen LogP) is 11.1. The third kappa shape index (κ3) is 39.9. The highest BCUT2D eigenvalue weighted by Crippen LogP contribution is 2.36. The largest absolute Gasteiger partial charge is 0.469 e. The maximum absolute atomic E-state index is 12.4. The SMILES string of the molecule is CC/C=C\C/C=C\C/C=C\C/C=C\C[C@@H](O)[C@H](O)CCCC(=O)O[C@H](COC(=O)CCCCCCCCCCCCCCCCCCCC)COP(=O)(O)O. The van der Waals surface area contributed by atoms with Gasteiger partial charge < -0.3 is 29.5 Å². The van der Waals surface area contributed by atoms with Crippen LogP contribution in [0, 0.1) is 0 Å². The van der Waals surface area contributed by atoms with E-state index in [-0.39, 0.29) is 38.7 Å². The lowest BCUT2D eigenvalue weighted by Crippen LogP contribution is -2.30. The number of aliphatic hydroxyl groups excluding tert-OH is 2. The summed E-state index contributed by atoms with van der Waals surface area (Å²) >= 11 is 0. The topological polar surface area (TPSA) is 160 Å². The van der Waals surface area contributed by atoms with Gasteiger partial charge in [0.25, 0.3) is 0 Å². The fourth-order valence-corrected chi connectivity index (χ4v) is 6.35. The molecule has 0 heterocycles. The number of allylic oxidation sites excluding steroid dienone is 7. The molecule has 0 aliphatic carbocycles. The van der Waals surface area contributed by atoms with Crippen molar-refractivity contribution in [2.24, 2.45) is 0 Å². The van der Waals surface area contributed by atoms with Crippen molar-refractivity contribution in [3.8, 4) is 0 Å². The highest BCUT2D eigenvalue weighted by molar-refractivity contribution is 7.46. The molecule has 0 saturated carbocycles. The van der Waals surface area contributed by atoms with Crippen molar-refractivity contribution >= 4 is 19.8 Å². The predicted molar refractivity (Wildman–Crippen MR) is 223 cm³/mol. The average Bonchev–Trinajstić information content (AvgIpc) is 3.15. The molecule has 11 heteroatoms. The van der Waals surface area contributed by atoms with Crippen LogP contribution in [-0.2, 0) is 28.2 Å². The number of hydrogen-bond donors (Lipinski definition) is 4. The van der Waals surface area contributed by atoms with Crippen LogP contribution in [-0.4, -0.2) is 63.5 Å². The van der Waals surface area contributed by atoms with Crippen molar-refractivity contribution in [2.45, 2.75) is 206 Å². The number of phosphoric acid groups is 1. The smallest absolute Gasteiger partial charge is 0.462 e. The summed E-state index contributed by atoms with van der Waals surface area (Å²) < 4.78 is 26.2. The minimum absolute atomic E-state index is 0.104. The monoisotopic (exact) mass is 799 g/mol. The lowest BCUT2D eigenvalue weighted by Gasteiger charge is -2.19. The van der Waals surface area contributed by atoms with E-state index in [1.807, 2.05) is 18.2 Å². The Hall–Kier alpha value is -2.07. The van der Waals surface area contributed by atoms with E-state index < -0.39 is 44.7 Å². The van der Waals surface area contributed by atoms with Gasteiger partial charge in [0.15, 0.2) is 6.10 Å². The molecule has 0 aromatic carbocycles. The first-order valence-electron chi connectivity index (χ1n) is 21.6. The third-order valence-corrected chi connectivity index (χ3v) is 9.80. The van der Waals surface area contributed by atoms with E-state index in [2.05, 4.69) is 48.8 Å². The first kappa shape index (κ1) is 52.9. The quantitative estimate of drug-likeness (QED) is 0.0204. The van der Waals surface area contributed by atoms with Crippen molar-refractivity contribution in [3.63, 3.8) is 0 Å². The molecule has 4 N–H and O–H groups in total. The zero-order valence-electron chi connectivity index (χ0n) is 34.5. The number of rotatable bonds is 39. The van der Waals surface area contributed by atoms with Crippen molar-refractivity contribution < 1.29 is 48.2 Å². The number of carbonyl (C=O) groups is 2. The van der Waals surface area contributed by atoms with Gasteiger partial charge in [-0.25, -0.2) is 4.57 Å². The van der Waals surface area contributed by atoms with E-state index >= 15 is 0 Å². The molecule has 0 saturated heterocycles. The molecular weight excluding hydrogens is 719 g/mol. The number of carbonyl (C=O) groups excluding carboxylic acids is 2. The fourth-order valence-electron chi connectivity index (χ4n) is 5.99. The van der Waals surface area contributed by atoms with Crippen LogP contribution >= 0.6 is 7.82 Å². The van der Waals surface area contributed by atoms with E-state index in [1.165, 1.54) is 89.9 Å². The lowest BCUT2D eigenvalue weighted by molar-refractivity contribution is -0.161. The van der Waals surface area contributed by atoms with E-state index in [4.69, 9.17) is 19.3 Å². The van der Waals surface area contributed by atoms with Crippen LogP contribution in [0.4, 0.5) is 0 Å². The highest BCUT2D eigenvalue weighted by atomic mass is 31.2. The Balaban J connectivity index is 4.12. The van der Waals surface area contributed by atoms with Gasteiger partial charge in [-0.3, -0.25) is 14.1 Å². The highest BCUT2D eigenvalue weighted by Gasteiger charge is 2.23. The second-order valence-corrected chi connectivity index (χ2v) is 15.8. The minimum Gasteiger partial charge on any atom is -0.462 e. The summed E-state index contributed by atoms with van der Waals surface area (Å²) in [4.78, 5) is 42.9. The molecule has 3 atom stereocenters. The van der Waals surface area contributed by atoms with Crippen molar-refractivity contribution in [1.29, 1.82) is 0 Å². The molecule has 0 radical (unpaired) electrons. The fraction of sp³-hybridized carbons (Fsp3) is 0.773. The van der Waals surface area contributed by atoms with Crippen molar-refractivity contribution in [3.05, 3.63) is 48.6 Å². The Bertz CT molecular complexity index is 1070. The van der Waals surface area contributed by atoms with Gasteiger partial charge in [-0.05, 0) is 51.4 Å². The molecule has 0 bridgehead atoms. The van der Waals surface area contributed by atoms with E-state index in [0.717, 1.165) is 44.9 Å². The van der Waals surface area contributed by atoms with Gasteiger partial charge >= 0.3 is 19.8 Å². The molecule has 0 rings (SSSR count). The van der Waals surface area contributed by atoms with Gasteiger partial charge in [0, 0.05) is 12.8 Å². The Morgan fingerprint density at radius 3 is 1.45 bits per heavy atom. The zero-order valence-corrected chi connectivity index (χ0v) is 35.4. The lowest BCUT2D eigenvalue weighted by atomic mass is 10.0. The molecule has 55 heavy (non-hydrogen) atoms. The average molecular weight is 799 g/mol. The standard InChI is InChI=1S/C44H79O10P/c1-3-5-7-9-11-13-15-17-18-19-20-21-22-24-26-28-30-32-36-43(47)52-38-40(39-53-55(49,50)51)54-44(48)37-33-35-42(46)41(45)34-31-29-27-25-23-16-14-12-10-8-6-4-2/h6,8,12,14,23,25,29,31,40-42,45-46H,3-5,7,9-11,13,15-22,24,26-28,30,32-39H2,1-2H3,(H2,49,50,51)/b8-6-,14-12-,25-23-,31-29-/t40-,41-,42-/m1/s1. The van der Waals surface area contributed by atoms with Crippen LogP contribution in [0.2, 0.25) is 0 Å². The van der Waals surface area contributed by atoms with Gasteiger partial charge in [-0.2, -0.15) is 0 Å². The molecular formula is C44H79O10P. The molecule has 0 spiro atoms. The number of unbranched alkanes of at least 4 members (excludes halogenated alkanes) is 17. The molecule has 0 aromatic heterocycles. The number of aliphatic hydroxyl groups is 2. The van der Waals surface area contributed by atoms with Crippen molar-refractivity contribution in [1.82, 2.24) is 0 Å². The maximum Gasteiger partial charge on any atom is 0.469 e. The van der Waals surface area contributed by atoms with Gasteiger partial charge in [-0.15, -0.1) is 0 Å². The number of hydrogen-bond acceptors (Lipinski definition) is 8. The molecule has 0 aromatic rings. The summed E-state index contributed by atoms with van der Waals surface area (Å²) in [6, 6.07) is 0. The van der Waals surface area contributed by atoms with Gasteiger partial charge in [0.2, 0.25) is 0 Å². The Morgan fingerprint density at radius 2 is 0.982 bits per heavy atom. The molecule has 0 amide bonds. The van der Waals surface area contributed by atoms with E-state index in [9.17, 15) is 24.4 Å². The molecule has 0 unspecified atom stereocenters. The normalized spacial score (nSPS) is 14.1. The van der Waals surface area contributed by atoms with Crippen molar-refractivity contribution in [2.75, 3.05) is 13.2 Å². The first-order valence-corrected chi connectivity index (χ1v) is 23.1. The third-order valence-electron chi connectivity index (χ3n) is 9.31. The van der Waals surface area contributed by atoms with Crippen LogP contribution in [0.5, 0.6) is 0 Å². The second-order valence-electron chi connectivity index (χ2n) is 14.6. The van der Waals surface area contributed by atoms with Crippen LogP contribution in [0.25, 0.3) is 0 Å². The molecule has 320 valence electrons. The van der Waals surface area contributed by atoms with Crippen LogP contribution in [0.15, 0.2) is 48.6 Å². The maximum atomic E-state index is 12.4. The van der Waals surface area contributed by atoms with E-state index in [1.54, 1.807) is 0 Å².